The molecule has 6 heteroatoms. The fourth-order valence-electron chi connectivity index (χ4n) is 2.86. The third-order valence-corrected chi connectivity index (χ3v) is 5.55. The van der Waals surface area contributed by atoms with Gasteiger partial charge in [0.25, 0.3) is 0 Å². The molecule has 3 rings (SSSR count). The molecule has 25 heavy (non-hydrogen) atoms. The quantitative estimate of drug-likeness (QED) is 0.643. The molecule has 0 unspecified atom stereocenters. The number of nitrogens with one attached hydrogen (secondary N) is 1. The number of rotatable bonds is 4. The Morgan fingerprint density at radius 2 is 2.08 bits per heavy atom. The van der Waals surface area contributed by atoms with Gasteiger partial charge in [-0.1, -0.05) is 54.3 Å². The van der Waals surface area contributed by atoms with E-state index < -0.39 is 17.8 Å². The molecular formula is C19H16N2O2S2. The molecule has 1 aliphatic rings. The second-order valence-corrected chi connectivity index (χ2v) is 7.62. The van der Waals surface area contributed by atoms with E-state index in [0.29, 0.717) is 9.77 Å². The predicted octanol–water partition coefficient (Wildman–Crippen LogP) is 4.33. The molecular weight excluding hydrogens is 352 g/mol. The first-order chi connectivity index (χ1) is 12.1. The molecule has 2 atom stereocenters. The van der Waals surface area contributed by atoms with Crippen molar-refractivity contribution in [1.82, 2.24) is 4.98 Å². The van der Waals surface area contributed by atoms with Crippen molar-refractivity contribution in [2.24, 2.45) is 5.92 Å². The smallest absolute Gasteiger partial charge is 0.335 e. The minimum atomic E-state index is -0.554. The van der Waals surface area contributed by atoms with E-state index >= 15 is 0 Å². The highest BCUT2D eigenvalue weighted by Gasteiger charge is 2.40. The van der Waals surface area contributed by atoms with Crippen molar-refractivity contribution < 1.29 is 9.53 Å². The number of nitriles is 1. The van der Waals surface area contributed by atoms with Crippen LogP contribution in [-0.4, -0.2) is 15.1 Å². The Morgan fingerprint density at radius 1 is 1.32 bits per heavy atom. The first-order valence-electron chi connectivity index (χ1n) is 7.78. The van der Waals surface area contributed by atoms with Crippen LogP contribution in [0.1, 0.15) is 24.1 Å². The molecule has 2 aromatic rings. The molecule has 0 saturated heterocycles. The number of aromatic nitrogens is 1. The van der Waals surface area contributed by atoms with Gasteiger partial charge in [-0.15, -0.1) is 0 Å². The number of aromatic amines is 1. The van der Waals surface area contributed by atoms with Gasteiger partial charge in [-0.25, -0.2) is 4.79 Å². The summed E-state index contributed by atoms with van der Waals surface area (Å²) in [4.78, 5) is 16.7. The number of thioether (sulfide) groups is 1. The lowest BCUT2D eigenvalue weighted by Gasteiger charge is -2.29. The van der Waals surface area contributed by atoms with Crippen molar-refractivity contribution in [1.29, 1.82) is 5.26 Å². The summed E-state index contributed by atoms with van der Waals surface area (Å²) in [6.45, 7) is 2.04. The van der Waals surface area contributed by atoms with Crippen LogP contribution >= 0.6 is 24.0 Å². The van der Waals surface area contributed by atoms with E-state index in [1.54, 1.807) is 6.20 Å². The van der Waals surface area contributed by atoms with Gasteiger partial charge in [0.2, 0.25) is 0 Å². The molecule has 0 spiro atoms. The minimum absolute atomic E-state index is 0.195. The van der Waals surface area contributed by atoms with Gasteiger partial charge in [-0.2, -0.15) is 5.26 Å². The van der Waals surface area contributed by atoms with Crippen LogP contribution in [0.3, 0.4) is 0 Å². The Hall–Kier alpha value is -2.36. The molecule has 1 aromatic carbocycles. The summed E-state index contributed by atoms with van der Waals surface area (Å²) in [5.74, 6) is -1.39. The zero-order chi connectivity index (χ0) is 17.8. The van der Waals surface area contributed by atoms with Crippen molar-refractivity contribution in [2.45, 2.75) is 19.4 Å². The minimum Gasteiger partial charge on any atom is -0.457 e. The number of hydrogen-bond acceptors (Lipinski definition) is 5. The van der Waals surface area contributed by atoms with Gasteiger partial charge in [-0.3, -0.25) is 0 Å². The maximum atomic E-state index is 12.8. The maximum absolute atomic E-state index is 12.8. The molecule has 2 heterocycles. The van der Waals surface area contributed by atoms with Crippen molar-refractivity contribution in [2.75, 3.05) is 0 Å². The van der Waals surface area contributed by atoms with Crippen molar-refractivity contribution in [3.63, 3.8) is 0 Å². The summed E-state index contributed by atoms with van der Waals surface area (Å²) in [5.41, 5.74) is 2.21. The Bertz CT molecular complexity index is 851. The number of nitrogens with zero attached hydrogens (tertiary/aromatic N) is 1. The summed E-state index contributed by atoms with van der Waals surface area (Å²) in [5, 5.41) is 9.58. The van der Waals surface area contributed by atoms with Crippen molar-refractivity contribution >= 4 is 34.1 Å². The lowest BCUT2D eigenvalue weighted by Crippen LogP contribution is -2.29. The first kappa shape index (κ1) is 17.5. The Morgan fingerprint density at radius 3 is 2.72 bits per heavy atom. The molecule has 0 radical (unpaired) electrons. The molecule has 0 aliphatic carbocycles. The van der Waals surface area contributed by atoms with Crippen LogP contribution in [0.5, 0.6) is 0 Å². The van der Waals surface area contributed by atoms with E-state index in [1.807, 2.05) is 49.4 Å². The van der Waals surface area contributed by atoms with E-state index in [0.717, 1.165) is 16.2 Å². The topological polar surface area (TPSA) is 65.9 Å². The Labute approximate surface area is 155 Å². The summed E-state index contributed by atoms with van der Waals surface area (Å²) in [6, 6.07) is 15.5. The van der Waals surface area contributed by atoms with Crippen LogP contribution in [0.25, 0.3) is 0 Å². The largest absolute Gasteiger partial charge is 0.457 e. The second-order valence-electron chi connectivity index (χ2n) is 5.66. The Kier molecular flexibility index (Phi) is 5.37. The van der Waals surface area contributed by atoms with Crippen LogP contribution in [0, 0.1) is 17.2 Å². The number of ether oxygens (including phenoxy) is 1. The van der Waals surface area contributed by atoms with Crippen molar-refractivity contribution in [3.8, 4) is 6.07 Å². The summed E-state index contributed by atoms with van der Waals surface area (Å²) >= 11 is 6.68. The van der Waals surface area contributed by atoms with Gasteiger partial charge in [0.15, 0.2) is 0 Å². The van der Waals surface area contributed by atoms with Gasteiger partial charge in [-0.05, 0) is 29.5 Å². The molecule has 4 nitrogen and oxygen atoms in total. The molecule has 0 amide bonds. The monoisotopic (exact) mass is 368 g/mol. The number of thiocarbonyl (C=S) groups is 1. The normalized spacial score (nSPS) is 20.2. The number of H-pyrrole nitrogens is 1. The fourth-order valence-corrected chi connectivity index (χ4v) is 4.36. The zero-order valence-electron chi connectivity index (χ0n) is 13.6. The van der Waals surface area contributed by atoms with Crippen LogP contribution < -0.4 is 0 Å². The van der Waals surface area contributed by atoms with E-state index in [4.69, 9.17) is 17.0 Å². The average molecular weight is 368 g/mol. The number of allylic oxidation sites excluding steroid dienone is 1. The zero-order valence-corrected chi connectivity index (χ0v) is 15.2. The van der Waals surface area contributed by atoms with Gasteiger partial charge in [0.1, 0.15) is 12.5 Å². The van der Waals surface area contributed by atoms with E-state index in [-0.39, 0.29) is 6.61 Å². The summed E-state index contributed by atoms with van der Waals surface area (Å²) < 4.78 is 6.10. The molecule has 1 aliphatic heterocycles. The maximum Gasteiger partial charge on any atom is 0.335 e. The highest BCUT2D eigenvalue weighted by Crippen LogP contribution is 2.45. The van der Waals surface area contributed by atoms with E-state index in [9.17, 15) is 10.1 Å². The number of carbonyl (C=O) groups excluding carboxylic acids is 1. The van der Waals surface area contributed by atoms with E-state index in [2.05, 4.69) is 11.1 Å². The standard InChI is InChI=1S/C19H16N2O2S2/c1-12-16(18(22)23-11-13-6-3-2-4-7-13)17(15-8-5-9-21-15)14(10-20)19(24)25-12/h2-9,14,17,21H,11H2,1H3/t14-,17+/m0/s1. The fraction of sp³-hybridized carbons (Fsp3) is 0.211. The highest BCUT2D eigenvalue weighted by atomic mass is 32.2. The third kappa shape index (κ3) is 3.68. The second kappa shape index (κ2) is 7.68. The molecule has 1 N–H and O–H groups in total. The van der Waals surface area contributed by atoms with Crippen LogP contribution in [0.2, 0.25) is 0 Å². The van der Waals surface area contributed by atoms with Gasteiger partial charge in [0.05, 0.1) is 21.8 Å². The molecule has 0 saturated carbocycles. The molecule has 126 valence electrons. The Balaban J connectivity index is 1.90. The number of hydrogen-bond donors (Lipinski definition) is 1. The van der Waals surface area contributed by atoms with Gasteiger partial charge >= 0.3 is 5.97 Å². The lowest BCUT2D eigenvalue weighted by molar-refractivity contribution is -0.140. The van der Waals surface area contributed by atoms with Crippen molar-refractivity contribution in [3.05, 3.63) is 70.4 Å². The lowest BCUT2D eigenvalue weighted by atomic mass is 9.84. The number of esters is 1. The molecule has 1 aromatic heterocycles. The van der Waals surface area contributed by atoms with Gasteiger partial charge in [0, 0.05) is 11.9 Å². The predicted molar refractivity (Wildman–Crippen MR) is 102 cm³/mol. The number of benzene rings is 1. The van der Waals surface area contributed by atoms with Crippen LogP contribution in [0.15, 0.2) is 59.1 Å². The van der Waals surface area contributed by atoms with E-state index in [1.165, 1.54) is 11.8 Å². The highest BCUT2D eigenvalue weighted by molar-refractivity contribution is 8.25. The van der Waals surface area contributed by atoms with Crippen LogP contribution in [-0.2, 0) is 16.1 Å². The summed E-state index contributed by atoms with van der Waals surface area (Å²) in [6.07, 6.45) is 1.77. The first-order valence-corrected chi connectivity index (χ1v) is 9.00. The van der Waals surface area contributed by atoms with Crippen LogP contribution in [0.4, 0.5) is 0 Å². The molecule has 0 fully saturated rings. The molecule has 0 bridgehead atoms. The average Bonchev–Trinajstić information content (AvgIpc) is 3.14. The summed E-state index contributed by atoms with van der Waals surface area (Å²) in [7, 11) is 0. The third-order valence-electron chi connectivity index (χ3n) is 4.06. The van der Waals surface area contributed by atoms with Gasteiger partial charge < -0.3 is 9.72 Å². The SMILES string of the molecule is CC1=C(C(=O)OCc2ccccc2)[C@@H](c2ccc[nH]2)[C@H](C#N)C(=S)S1. The number of carbonyl (C=O) groups is 1.